The summed E-state index contributed by atoms with van der Waals surface area (Å²) in [7, 11) is 3.85. The van der Waals surface area contributed by atoms with Crippen molar-refractivity contribution >= 4 is 11.8 Å². The van der Waals surface area contributed by atoms with Crippen molar-refractivity contribution in [3.8, 4) is 0 Å². The molecule has 1 aromatic carbocycles. The van der Waals surface area contributed by atoms with Crippen molar-refractivity contribution in [2.24, 2.45) is 5.92 Å². The van der Waals surface area contributed by atoms with Gasteiger partial charge in [0, 0.05) is 12.1 Å². The van der Waals surface area contributed by atoms with Crippen LogP contribution in [-0.2, 0) is 4.79 Å². The van der Waals surface area contributed by atoms with Gasteiger partial charge < -0.3 is 15.1 Å². The summed E-state index contributed by atoms with van der Waals surface area (Å²) in [5, 5.41) is 5.77. The SMILES string of the molecule is CC(C)C(NC(=O)c1ccccc1)C(=O)NCC(c1ccco1)N(C)C. The molecule has 1 heterocycles. The van der Waals surface area contributed by atoms with E-state index in [4.69, 9.17) is 4.42 Å². The number of likely N-dealkylation sites (N-methyl/N-ethyl adjacent to an activating group) is 1. The molecule has 0 radical (unpaired) electrons. The number of rotatable bonds is 8. The molecule has 2 aromatic rings. The molecule has 0 aliphatic rings. The van der Waals surface area contributed by atoms with Crippen LogP contribution in [0.4, 0.5) is 0 Å². The average molecular weight is 357 g/mol. The molecule has 2 atom stereocenters. The van der Waals surface area contributed by atoms with Crippen LogP contribution in [-0.4, -0.2) is 43.4 Å². The molecule has 0 saturated heterocycles. The van der Waals surface area contributed by atoms with Crippen molar-refractivity contribution in [2.45, 2.75) is 25.9 Å². The maximum atomic E-state index is 12.7. The lowest BCUT2D eigenvalue weighted by atomic mass is 10.0. The van der Waals surface area contributed by atoms with Crippen LogP contribution in [0, 0.1) is 5.92 Å². The largest absolute Gasteiger partial charge is 0.468 e. The number of furan rings is 1. The van der Waals surface area contributed by atoms with E-state index >= 15 is 0 Å². The van der Waals surface area contributed by atoms with Crippen molar-refractivity contribution in [3.05, 3.63) is 60.1 Å². The molecular formula is C20H27N3O3. The topological polar surface area (TPSA) is 74.6 Å². The minimum absolute atomic E-state index is 0.0379. The first-order chi connectivity index (χ1) is 12.4. The standard InChI is InChI=1S/C20H27N3O3/c1-14(2)18(22-19(24)15-9-6-5-7-10-15)20(25)21-13-16(23(3)4)17-11-8-12-26-17/h5-12,14,16,18H,13H2,1-4H3,(H,21,25)(H,22,24). The van der Waals surface area contributed by atoms with Gasteiger partial charge in [0.15, 0.2) is 0 Å². The monoisotopic (exact) mass is 357 g/mol. The minimum Gasteiger partial charge on any atom is -0.468 e. The Balaban J connectivity index is 2.00. The Morgan fingerprint density at radius 3 is 2.31 bits per heavy atom. The number of benzene rings is 1. The molecule has 0 aliphatic heterocycles. The maximum Gasteiger partial charge on any atom is 0.251 e. The Kier molecular flexibility index (Phi) is 6.97. The Hall–Kier alpha value is -2.60. The molecule has 6 heteroatoms. The predicted molar refractivity (Wildman–Crippen MR) is 101 cm³/mol. The quantitative estimate of drug-likeness (QED) is 0.761. The lowest BCUT2D eigenvalue weighted by Crippen LogP contribution is -2.51. The summed E-state index contributed by atoms with van der Waals surface area (Å²) in [4.78, 5) is 27.0. The van der Waals surface area contributed by atoms with Gasteiger partial charge in [-0.05, 0) is 44.3 Å². The molecule has 0 bridgehead atoms. The zero-order valence-corrected chi connectivity index (χ0v) is 15.7. The normalized spacial score (nSPS) is 13.5. The van der Waals surface area contributed by atoms with Gasteiger partial charge in [0.2, 0.25) is 5.91 Å². The number of nitrogens with zero attached hydrogens (tertiary/aromatic N) is 1. The highest BCUT2D eigenvalue weighted by Crippen LogP contribution is 2.17. The smallest absolute Gasteiger partial charge is 0.251 e. The van der Waals surface area contributed by atoms with Crippen molar-refractivity contribution in [2.75, 3.05) is 20.6 Å². The van der Waals surface area contributed by atoms with Gasteiger partial charge in [0.25, 0.3) is 5.91 Å². The summed E-state index contributed by atoms with van der Waals surface area (Å²) < 4.78 is 5.46. The first-order valence-corrected chi connectivity index (χ1v) is 8.73. The summed E-state index contributed by atoms with van der Waals surface area (Å²) in [5.41, 5.74) is 0.535. The van der Waals surface area contributed by atoms with Gasteiger partial charge in [-0.3, -0.25) is 14.5 Å². The Bertz CT molecular complexity index is 696. The van der Waals surface area contributed by atoms with E-state index in [0.29, 0.717) is 12.1 Å². The lowest BCUT2D eigenvalue weighted by molar-refractivity contribution is -0.124. The van der Waals surface area contributed by atoms with Crippen molar-refractivity contribution in [3.63, 3.8) is 0 Å². The molecule has 0 fully saturated rings. The first-order valence-electron chi connectivity index (χ1n) is 8.73. The van der Waals surface area contributed by atoms with Gasteiger partial charge in [-0.25, -0.2) is 0 Å². The second-order valence-corrected chi connectivity index (χ2v) is 6.80. The van der Waals surface area contributed by atoms with Gasteiger partial charge in [0.1, 0.15) is 11.8 Å². The number of hydrogen-bond donors (Lipinski definition) is 2. The summed E-state index contributed by atoms with van der Waals surface area (Å²) in [6.07, 6.45) is 1.62. The molecule has 2 N–H and O–H groups in total. The Labute approximate surface area is 154 Å². The molecule has 0 saturated carbocycles. The van der Waals surface area contributed by atoms with Crippen LogP contribution in [0.2, 0.25) is 0 Å². The first kappa shape index (κ1) is 19.7. The zero-order chi connectivity index (χ0) is 19.1. The van der Waals surface area contributed by atoms with E-state index in [9.17, 15) is 9.59 Å². The number of carbonyl (C=O) groups is 2. The highest BCUT2D eigenvalue weighted by atomic mass is 16.3. The number of amides is 2. The summed E-state index contributed by atoms with van der Waals surface area (Å²) >= 11 is 0. The highest BCUT2D eigenvalue weighted by molar-refractivity contribution is 5.97. The number of hydrogen-bond acceptors (Lipinski definition) is 4. The van der Waals surface area contributed by atoms with E-state index in [1.165, 1.54) is 0 Å². The number of nitrogens with one attached hydrogen (secondary N) is 2. The summed E-state index contributed by atoms with van der Waals surface area (Å²) in [5.74, 6) is 0.283. The zero-order valence-electron chi connectivity index (χ0n) is 15.7. The van der Waals surface area contributed by atoms with Crippen LogP contribution >= 0.6 is 0 Å². The van der Waals surface area contributed by atoms with E-state index in [0.717, 1.165) is 5.76 Å². The Morgan fingerprint density at radius 2 is 1.77 bits per heavy atom. The van der Waals surface area contributed by atoms with Gasteiger partial charge >= 0.3 is 0 Å². The molecule has 2 unspecified atom stereocenters. The van der Waals surface area contributed by atoms with Crippen LogP contribution in [0.15, 0.2) is 53.1 Å². The Morgan fingerprint density at radius 1 is 1.08 bits per heavy atom. The number of carbonyl (C=O) groups excluding carboxylic acids is 2. The fraction of sp³-hybridized carbons (Fsp3) is 0.400. The van der Waals surface area contributed by atoms with Crippen LogP contribution in [0.5, 0.6) is 0 Å². The second kappa shape index (κ2) is 9.20. The molecule has 0 spiro atoms. The predicted octanol–water partition coefficient (Wildman–Crippen LogP) is 2.45. The van der Waals surface area contributed by atoms with Gasteiger partial charge in [0.05, 0.1) is 12.3 Å². The average Bonchev–Trinajstić information content (AvgIpc) is 3.13. The fourth-order valence-electron chi connectivity index (χ4n) is 2.67. The second-order valence-electron chi connectivity index (χ2n) is 6.80. The van der Waals surface area contributed by atoms with Crippen LogP contribution in [0.3, 0.4) is 0 Å². The third-order valence-electron chi connectivity index (χ3n) is 4.24. The molecule has 26 heavy (non-hydrogen) atoms. The van der Waals surface area contributed by atoms with Crippen LogP contribution in [0.1, 0.15) is 36.0 Å². The molecule has 2 rings (SSSR count). The van der Waals surface area contributed by atoms with E-state index in [-0.39, 0.29) is 23.8 Å². The summed E-state index contributed by atoms with van der Waals surface area (Å²) in [6, 6.07) is 11.9. The van der Waals surface area contributed by atoms with Crippen molar-refractivity contribution in [1.29, 1.82) is 0 Å². The maximum absolute atomic E-state index is 12.7. The van der Waals surface area contributed by atoms with E-state index in [1.54, 1.807) is 30.5 Å². The van der Waals surface area contributed by atoms with E-state index in [2.05, 4.69) is 10.6 Å². The molecule has 6 nitrogen and oxygen atoms in total. The molecule has 2 amide bonds. The lowest BCUT2D eigenvalue weighted by Gasteiger charge is -2.26. The van der Waals surface area contributed by atoms with Gasteiger partial charge in [-0.15, -0.1) is 0 Å². The van der Waals surface area contributed by atoms with Crippen LogP contribution in [0.25, 0.3) is 0 Å². The molecule has 140 valence electrons. The van der Waals surface area contributed by atoms with Crippen molar-refractivity contribution < 1.29 is 14.0 Å². The third kappa shape index (κ3) is 5.20. The molecule has 0 aliphatic carbocycles. The van der Waals surface area contributed by atoms with E-state index in [1.807, 2.05) is 51.0 Å². The van der Waals surface area contributed by atoms with E-state index < -0.39 is 6.04 Å². The van der Waals surface area contributed by atoms with Crippen LogP contribution < -0.4 is 10.6 Å². The third-order valence-corrected chi connectivity index (χ3v) is 4.24. The molecule has 1 aromatic heterocycles. The summed E-state index contributed by atoms with van der Waals surface area (Å²) in [6.45, 7) is 4.21. The molecular weight excluding hydrogens is 330 g/mol. The van der Waals surface area contributed by atoms with Crippen molar-refractivity contribution in [1.82, 2.24) is 15.5 Å². The fourth-order valence-corrected chi connectivity index (χ4v) is 2.67. The minimum atomic E-state index is -0.609. The van der Waals surface area contributed by atoms with Gasteiger partial charge in [-0.2, -0.15) is 0 Å². The highest BCUT2D eigenvalue weighted by Gasteiger charge is 2.26. The van der Waals surface area contributed by atoms with Gasteiger partial charge in [-0.1, -0.05) is 32.0 Å².